The number of hydrogen-bond donors (Lipinski definition) is 2. The van der Waals surface area contributed by atoms with Crippen LogP contribution in [0.4, 0.5) is 38.1 Å². The van der Waals surface area contributed by atoms with Crippen molar-refractivity contribution < 1.29 is 39.9 Å². The van der Waals surface area contributed by atoms with Crippen LogP contribution < -0.4 is 10.6 Å². The first-order valence-electron chi connectivity index (χ1n) is 9.77. The van der Waals surface area contributed by atoms with E-state index in [1.165, 1.54) is 17.0 Å². The molecule has 1 fully saturated rings. The first-order valence-corrected chi connectivity index (χ1v) is 11.3. The highest BCUT2D eigenvalue weighted by Gasteiger charge is 2.71. The molecule has 35 heavy (non-hydrogen) atoms. The van der Waals surface area contributed by atoms with Crippen LogP contribution in [-0.2, 0) is 15.4 Å². The van der Waals surface area contributed by atoms with Gasteiger partial charge in [-0.2, -0.15) is 26.3 Å². The molecule has 2 aromatic rings. The van der Waals surface area contributed by atoms with Crippen LogP contribution >= 0.6 is 0 Å². The van der Waals surface area contributed by atoms with Crippen molar-refractivity contribution in [1.29, 1.82) is 0 Å². The molecule has 3 heterocycles. The number of nitrogen functional groups attached to an aromatic ring is 1. The number of sulfone groups is 1. The molecule has 2 aromatic heterocycles. The predicted molar refractivity (Wildman–Crippen MR) is 110 cm³/mol. The second-order valence-electron chi connectivity index (χ2n) is 7.44. The molecule has 1 aliphatic rings. The maximum atomic E-state index is 13.0. The summed E-state index contributed by atoms with van der Waals surface area (Å²) < 4.78 is 102. The number of pyridine rings is 1. The lowest BCUT2D eigenvalue weighted by Crippen LogP contribution is -2.54. The number of aliphatic hydroxyl groups is 1. The van der Waals surface area contributed by atoms with Gasteiger partial charge in [0.2, 0.25) is 15.8 Å². The Hall–Kier alpha value is -3.16. The molecule has 0 unspecified atom stereocenters. The van der Waals surface area contributed by atoms with Gasteiger partial charge in [-0.1, -0.05) is 5.92 Å². The second kappa shape index (κ2) is 9.47. The number of piperazine rings is 1. The van der Waals surface area contributed by atoms with Crippen molar-refractivity contribution in [3.8, 4) is 11.2 Å². The SMILES string of the molecule is Nc1ccc(S(=O)(=O)C#CCN2CCN(c3ncc(C(O)(C(F)(F)F)C(F)(F)F)cn3)CC2)cn1. The van der Waals surface area contributed by atoms with Crippen LogP contribution in [0.5, 0.6) is 0 Å². The van der Waals surface area contributed by atoms with E-state index in [9.17, 15) is 39.9 Å². The fourth-order valence-electron chi connectivity index (χ4n) is 3.11. The van der Waals surface area contributed by atoms with Gasteiger partial charge in [-0.05, 0) is 12.1 Å². The van der Waals surface area contributed by atoms with E-state index in [4.69, 9.17) is 5.73 Å². The molecule has 0 spiro atoms. The van der Waals surface area contributed by atoms with Crippen molar-refractivity contribution in [3.05, 3.63) is 36.3 Å². The highest BCUT2D eigenvalue weighted by atomic mass is 32.2. The van der Waals surface area contributed by atoms with Gasteiger partial charge in [0.1, 0.15) is 5.82 Å². The number of hydrogen-bond acceptors (Lipinski definition) is 9. The smallest absolute Gasteiger partial charge is 0.384 e. The third-order valence-corrected chi connectivity index (χ3v) is 6.39. The molecule has 0 amide bonds. The molecule has 1 aliphatic heterocycles. The summed E-state index contributed by atoms with van der Waals surface area (Å²) >= 11 is 0. The highest BCUT2D eigenvalue weighted by molar-refractivity contribution is 7.96. The van der Waals surface area contributed by atoms with E-state index in [-0.39, 0.29) is 48.7 Å². The first kappa shape index (κ1) is 26.4. The van der Waals surface area contributed by atoms with Gasteiger partial charge in [-0.3, -0.25) is 4.90 Å². The maximum Gasteiger partial charge on any atom is 0.430 e. The minimum atomic E-state index is -6.03. The van der Waals surface area contributed by atoms with Gasteiger partial charge in [0, 0.05) is 55.6 Å². The van der Waals surface area contributed by atoms with Gasteiger partial charge in [0.25, 0.3) is 5.60 Å². The Morgan fingerprint density at radius 1 is 0.943 bits per heavy atom. The van der Waals surface area contributed by atoms with E-state index in [1.54, 1.807) is 4.90 Å². The number of rotatable bonds is 4. The van der Waals surface area contributed by atoms with E-state index in [1.807, 2.05) is 0 Å². The van der Waals surface area contributed by atoms with Gasteiger partial charge in [-0.25, -0.2) is 23.4 Å². The molecule has 9 nitrogen and oxygen atoms in total. The van der Waals surface area contributed by atoms with Crippen LogP contribution in [0.3, 0.4) is 0 Å². The minimum absolute atomic E-state index is 0.0967. The number of nitrogens with zero attached hydrogens (tertiary/aromatic N) is 5. The first-order chi connectivity index (χ1) is 16.1. The Bertz CT molecular complexity index is 1190. The summed E-state index contributed by atoms with van der Waals surface area (Å²) in [6.07, 6.45) is -10.4. The van der Waals surface area contributed by atoms with E-state index >= 15 is 0 Å². The molecule has 0 bridgehead atoms. The third kappa shape index (κ3) is 5.57. The second-order valence-corrected chi connectivity index (χ2v) is 9.12. The Balaban J connectivity index is 1.62. The monoisotopic (exact) mass is 524 g/mol. The fourth-order valence-corrected chi connectivity index (χ4v) is 3.93. The summed E-state index contributed by atoms with van der Waals surface area (Å²) in [6, 6.07) is 2.61. The van der Waals surface area contributed by atoms with Crippen molar-refractivity contribution in [2.24, 2.45) is 0 Å². The van der Waals surface area contributed by atoms with E-state index in [0.29, 0.717) is 13.1 Å². The third-order valence-electron chi connectivity index (χ3n) is 5.11. The number of anilines is 2. The van der Waals surface area contributed by atoms with Crippen LogP contribution in [-0.4, -0.2) is 78.5 Å². The summed E-state index contributed by atoms with van der Waals surface area (Å²) in [5, 5.41) is 11.6. The van der Waals surface area contributed by atoms with E-state index in [0.717, 1.165) is 6.20 Å². The van der Waals surface area contributed by atoms with Crippen LogP contribution in [0.25, 0.3) is 0 Å². The molecular formula is C19H18F6N6O3S. The van der Waals surface area contributed by atoms with Crippen LogP contribution in [0, 0.1) is 11.2 Å². The van der Waals surface area contributed by atoms with Crippen LogP contribution in [0.2, 0.25) is 0 Å². The molecule has 0 aliphatic carbocycles. The van der Waals surface area contributed by atoms with Gasteiger partial charge in [0.15, 0.2) is 0 Å². The number of halogens is 6. The summed E-state index contributed by atoms with van der Waals surface area (Å²) in [5.74, 6) is 2.59. The van der Waals surface area contributed by atoms with Crippen LogP contribution in [0.1, 0.15) is 5.56 Å². The predicted octanol–water partition coefficient (Wildman–Crippen LogP) is 1.32. The largest absolute Gasteiger partial charge is 0.430 e. The molecular weight excluding hydrogens is 506 g/mol. The Labute approximate surface area is 195 Å². The molecule has 1 saturated heterocycles. The summed E-state index contributed by atoms with van der Waals surface area (Å²) in [4.78, 5) is 14.0. The number of aromatic nitrogens is 3. The van der Waals surface area contributed by atoms with Crippen molar-refractivity contribution in [3.63, 3.8) is 0 Å². The molecule has 0 saturated carbocycles. The zero-order valence-electron chi connectivity index (χ0n) is 17.7. The molecule has 3 rings (SSSR count). The molecule has 0 aromatic carbocycles. The summed E-state index contributed by atoms with van der Waals surface area (Å²) in [5.41, 5.74) is -1.23. The van der Waals surface area contributed by atoms with Crippen LogP contribution in [0.15, 0.2) is 35.6 Å². The van der Waals surface area contributed by atoms with Crippen molar-refractivity contribution in [2.75, 3.05) is 43.4 Å². The van der Waals surface area contributed by atoms with Gasteiger partial charge < -0.3 is 15.7 Å². The zero-order valence-corrected chi connectivity index (χ0v) is 18.5. The quantitative estimate of drug-likeness (QED) is 0.346. The van der Waals surface area contributed by atoms with E-state index in [2.05, 4.69) is 26.1 Å². The molecule has 16 heteroatoms. The fraction of sp³-hybridized carbons (Fsp3) is 0.421. The van der Waals surface area contributed by atoms with Gasteiger partial charge >= 0.3 is 12.4 Å². The lowest BCUT2D eigenvalue weighted by Gasteiger charge is -2.34. The Kier molecular flexibility index (Phi) is 7.16. The molecule has 0 atom stereocenters. The Morgan fingerprint density at radius 3 is 2.00 bits per heavy atom. The zero-order chi connectivity index (χ0) is 26.1. The highest BCUT2D eigenvalue weighted by Crippen LogP contribution is 2.49. The van der Waals surface area contributed by atoms with Crippen molar-refractivity contribution in [2.45, 2.75) is 22.8 Å². The maximum absolute atomic E-state index is 13.0. The summed E-state index contributed by atoms with van der Waals surface area (Å²) in [7, 11) is -3.89. The lowest BCUT2D eigenvalue weighted by molar-refractivity contribution is -0.376. The molecule has 0 radical (unpaired) electrons. The average molecular weight is 524 g/mol. The number of nitrogens with two attached hydrogens (primary N) is 1. The van der Waals surface area contributed by atoms with Crippen molar-refractivity contribution in [1.82, 2.24) is 19.9 Å². The standard InChI is InChI=1S/C19H18F6N6O3S/c20-18(21,22)17(32,19(23,24)25)13-10-28-16(29-11-13)31-7-5-30(6-8-31)4-1-9-35(33,34)14-2-3-15(26)27-12-14/h2-3,10-12,32H,4-8H2,(H2,26,27). The van der Waals surface area contributed by atoms with Crippen molar-refractivity contribution >= 4 is 21.6 Å². The van der Waals surface area contributed by atoms with E-state index < -0.39 is 33.4 Å². The molecule has 190 valence electrons. The lowest BCUT2D eigenvalue weighted by atomic mass is 9.95. The summed E-state index contributed by atoms with van der Waals surface area (Å²) in [6.45, 7) is 1.28. The normalized spacial score (nSPS) is 16.0. The number of alkyl halides is 6. The minimum Gasteiger partial charge on any atom is -0.384 e. The average Bonchev–Trinajstić information content (AvgIpc) is 2.78. The van der Waals surface area contributed by atoms with Gasteiger partial charge in [-0.15, -0.1) is 0 Å². The van der Waals surface area contributed by atoms with Gasteiger partial charge in [0.05, 0.1) is 11.4 Å². The molecule has 3 N–H and O–H groups in total. The topological polar surface area (TPSA) is 126 Å². The Morgan fingerprint density at radius 2 is 1.51 bits per heavy atom.